The van der Waals surface area contributed by atoms with E-state index in [1.165, 1.54) is 6.92 Å². The summed E-state index contributed by atoms with van der Waals surface area (Å²) in [7, 11) is 0. The quantitative estimate of drug-likeness (QED) is 0.605. The van der Waals surface area contributed by atoms with Crippen LogP contribution in [0.5, 0.6) is 0 Å². The minimum Gasteiger partial charge on any atom is -0.346 e. The van der Waals surface area contributed by atoms with Crippen molar-refractivity contribution in [3.63, 3.8) is 0 Å². The summed E-state index contributed by atoms with van der Waals surface area (Å²) in [6.45, 7) is 2.95. The van der Waals surface area contributed by atoms with Crippen molar-refractivity contribution < 1.29 is 14.4 Å². The normalized spacial score (nSPS) is 9.75. The molecule has 7 nitrogen and oxygen atoms in total. The van der Waals surface area contributed by atoms with Gasteiger partial charge in [0, 0.05) is 18.3 Å². The maximum Gasteiger partial charge on any atom is 0.243 e. The van der Waals surface area contributed by atoms with Gasteiger partial charge in [0.2, 0.25) is 17.7 Å². The smallest absolute Gasteiger partial charge is 0.243 e. The number of hydrogen-bond donors (Lipinski definition) is 4. The fourth-order valence-corrected chi connectivity index (χ4v) is 1.53. The van der Waals surface area contributed by atoms with Gasteiger partial charge >= 0.3 is 0 Å². The lowest BCUT2D eigenvalue weighted by atomic mass is 10.1. The second kappa shape index (κ2) is 7.25. The van der Waals surface area contributed by atoms with Crippen molar-refractivity contribution in [3.8, 4) is 0 Å². The summed E-state index contributed by atoms with van der Waals surface area (Å²) < 4.78 is 0. The number of carbonyl (C=O) groups excluding carboxylic acids is 3. The second-order valence-electron chi connectivity index (χ2n) is 4.24. The van der Waals surface area contributed by atoms with Crippen molar-refractivity contribution in [1.29, 1.82) is 0 Å². The Morgan fingerprint density at radius 3 is 2.40 bits per heavy atom. The summed E-state index contributed by atoms with van der Waals surface area (Å²) in [5.41, 5.74) is 7.21. The molecule has 20 heavy (non-hydrogen) atoms. The van der Waals surface area contributed by atoms with Crippen LogP contribution in [0, 0.1) is 6.92 Å². The van der Waals surface area contributed by atoms with Gasteiger partial charge in [0.05, 0.1) is 13.1 Å². The fraction of sp³-hybridized carbons (Fsp3) is 0.308. The van der Waals surface area contributed by atoms with E-state index < -0.39 is 5.91 Å². The van der Waals surface area contributed by atoms with Crippen LogP contribution in [-0.2, 0) is 14.4 Å². The van der Waals surface area contributed by atoms with E-state index in [-0.39, 0.29) is 24.9 Å². The van der Waals surface area contributed by atoms with Crippen LogP contribution in [0.4, 0.5) is 11.4 Å². The molecule has 7 heteroatoms. The molecule has 0 radical (unpaired) electrons. The standard InChI is InChI=1S/C13H18N4O3/c1-8-5-10(3-4-11(8)16-9(2)18)17-13(20)7-15-12(19)6-14/h3-5H,6-7,14H2,1-2H3,(H,15,19)(H,16,18)(H,17,20). The van der Waals surface area contributed by atoms with Crippen LogP contribution in [0.3, 0.4) is 0 Å². The third-order valence-electron chi connectivity index (χ3n) is 2.45. The zero-order chi connectivity index (χ0) is 15.1. The molecule has 1 aromatic rings. The van der Waals surface area contributed by atoms with Gasteiger partial charge in [-0.3, -0.25) is 14.4 Å². The van der Waals surface area contributed by atoms with Gasteiger partial charge in [-0.05, 0) is 30.7 Å². The summed E-state index contributed by atoms with van der Waals surface area (Å²) in [5.74, 6) is -0.898. The number of nitrogens with two attached hydrogens (primary N) is 1. The van der Waals surface area contributed by atoms with E-state index in [0.717, 1.165) is 5.56 Å². The zero-order valence-corrected chi connectivity index (χ0v) is 11.4. The number of amides is 3. The summed E-state index contributed by atoms with van der Waals surface area (Å²) in [6, 6.07) is 5.10. The predicted octanol–water partition coefficient (Wildman–Crippen LogP) is -0.0332. The molecule has 0 aliphatic carbocycles. The number of benzene rings is 1. The molecule has 0 aliphatic heterocycles. The first-order valence-electron chi connectivity index (χ1n) is 6.07. The topological polar surface area (TPSA) is 113 Å². The van der Waals surface area contributed by atoms with Gasteiger partial charge in [-0.1, -0.05) is 0 Å². The Kier molecular flexibility index (Phi) is 5.67. The molecule has 0 bridgehead atoms. The fourth-order valence-electron chi connectivity index (χ4n) is 1.53. The highest BCUT2D eigenvalue weighted by molar-refractivity contribution is 5.95. The zero-order valence-electron chi connectivity index (χ0n) is 11.4. The SMILES string of the molecule is CC(=O)Nc1ccc(NC(=O)CNC(=O)CN)cc1C. The predicted molar refractivity (Wildman–Crippen MR) is 76.2 cm³/mol. The first kappa shape index (κ1) is 15.6. The molecule has 0 saturated heterocycles. The van der Waals surface area contributed by atoms with Crippen molar-refractivity contribution in [2.75, 3.05) is 23.7 Å². The van der Waals surface area contributed by atoms with Gasteiger partial charge in [-0.15, -0.1) is 0 Å². The Morgan fingerprint density at radius 2 is 1.85 bits per heavy atom. The second-order valence-corrected chi connectivity index (χ2v) is 4.24. The average molecular weight is 278 g/mol. The van der Waals surface area contributed by atoms with Crippen LogP contribution in [0.15, 0.2) is 18.2 Å². The van der Waals surface area contributed by atoms with E-state index in [4.69, 9.17) is 5.73 Å². The minimum atomic E-state index is -0.391. The number of nitrogens with one attached hydrogen (secondary N) is 3. The lowest BCUT2D eigenvalue weighted by Crippen LogP contribution is -2.36. The van der Waals surface area contributed by atoms with E-state index in [1.54, 1.807) is 18.2 Å². The molecule has 1 rings (SSSR count). The van der Waals surface area contributed by atoms with Gasteiger partial charge in [0.15, 0.2) is 0 Å². The highest BCUT2D eigenvalue weighted by atomic mass is 16.2. The van der Waals surface area contributed by atoms with E-state index in [9.17, 15) is 14.4 Å². The first-order chi connectivity index (χ1) is 9.42. The van der Waals surface area contributed by atoms with E-state index in [1.807, 2.05) is 6.92 Å². The van der Waals surface area contributed by atoms with E-state index in [2.05, 4.69) is 16.0 Å². The van der Waals surface area contributed by atoms with Gasteiger partial charge in [0.25, 0.3) is 0 Å². The molecule has 108 valence electrons. The molecule has 1 aromatic carbocycles. The van der Waals surface area contributed by atoms with Crippen LogP contribution >= 0.6 is 0 Å². The van der Waals surface area contributed by atoms with Crippen LogP contribution in [0.1, 0.15) is 12.5 Å². The van der Waals surface area contributed by atoms with Crippen molar-refractivity contribution in [3.05, 3.63) is 23.8 Å². The molecule has 0 saturated carbocycles. The van der Waals surface area contributed by atoms with Gasteiger partial charge in [0.1, 0.15) is 0 Å². The number of carbonyl (C=O) groups is 3. The largest absolute Gasteiger partial charge is 0.346 e. The number of aryl methyl sites for hydroxylation is 1. The van der Waals surface area contributed by atoms with E-state index in [0.29, 0.717) is 11.4 Å². The minimum absolute atomic E-state index is 0.136. The summed E-state index contributed by atoms with van der Waals surface area (Å²) >= 11 is 0. The first-order valence-corrected chi connectivity index (χ1v) is 6.07. The number of anilines is 2. The molecule has 0 fully saturated rings. The highest BCUT2D eigenvalue weighted by Crippen LogP contribution is 2.19. The van der Waals surface area contributed by atoms with Crippen molar-refractivity contribution in [2.24, 2.45) is 5.73 Å². The molecular weight excluding hydrogens is 260 g/mol. The number of hydrogen-bond acceptors (Lipinski definition) is 4. The Hall–Kier alpha value is -2.41. The lowest BCUT2D eigenvalue weighted by Gasteiger charge is -2.10. The molecule has 0 unspecified atom stereocenters. The Bertz CT molecular complexity index is 528. The van der Waals surface area contributed by atoms with E-state index >= 15 is 0 Å². The van der Waals surface area contributed by atoms with Gasteiger partial charge in [-0.25, -0.2) is 0 Å². The lowest BCUT2D eigenvalue weighted by molar-refractivity contribution is -0.123. The van der Waals surface area contributed by atoms with Crippen LogP contribution in [-0.4, -0.2) is 30.8 Å². The number of rotatable bonds is 5. The monoisotopic (exact) mass is 278 g/mol. The summed E-state index contributed by atoms with van der Waals surface area (Å²) in [6.07, 6.45) is 0. The van der Waals surface area contributed by atoms with Gasteiger partial charge in [-0.2, -0.15) is 0 Å². The van der Waals surface area contributed by atoms with Crippen molar-refractivity contribution in [2.45, 2.75) is 13.8 Å². The third kappa shape index (κ3) is 5.07. The summed E-state index contributed by atoms with van der Waals surface area (Å²) in [5, 5.41) is 7.69. The van der Waals surface area contributed by atoms with Gasteiger partial charge < -0.3 is 21.7 Å². The molecule has 0 atom stereocenters. The third-order valence-corrected chi connectivity index (χ3v) is 2.45. The molecular formula is C13H18N4O3. The molecule has 0 aromatic heterocycles. The van der Waals surface area contributed by atoms with Crippen molar-refractivity contribution >= 4 is 29.1 Å². The molecule has 3 amide bonds. The molecule has 0 aliphatic rings. The Labute approximate surface area is 116 Å². The molecule has 5 N–H and O–H groups in total. The Morgan fingerprint density at radius 1 is 1.15 bits per heavy atom. The van der Waals surface area contributed by atoms with Crippen LogP contribution in [0.25, 0.3) is 0 Å². The molecule has 0 heterocycles. The van der Waals surface area contributed by atoms with Crippen LogP contribution < -0.4 is 21.7 Å². The Balaban J connectivity index is 2.60. The molecule has 0 spiro atoms. The maximum atomic E-state index is 11.6. The average Bonchev–Trinajstić information content (AvgIpc) is 2.38. The maximum absolute atomic E-state index is 11.6. The van der Waals surface area contributed by atoms with Crippen molar-refractivity contribution in [1.82, 2.24) is 5.32 Å². The summed E-state index contributed by atoms with van der Waals surface area (Å²) in [4.78, 5) is 33.5. The highest BCUT2D eigenvalue weighted by Gasteiger charge is 2.06. The van der Waals surface area contributed by atoms with Crippen LogP contribution in [0.2, 0.25) is 0 Å².